The zero-order chi connectivity index (χ0) is 18.9. The molecule has 1 saturated heterocycles. The Bertz CT molecular complexity index is 1090. The Balaban J connectivity index is 1.31. The first-order valence-electron chi connectivity index (χ1n) is 9.03. The summed E-state index contributed by atoms with van der Waals surface area (Å²) in [5.74, 6) is 1.31. The Kier molecular flexibility index (Phi) is 4.25. The van der Waals surface area contributed by atoms with Crippen LogP contribution in [0.2, 0.25) is 0 Å². The highest BCUT2D eigenvalue weighted by Gasteiger charge is 2.31. The van der Waals surface area contributed by atoms with Crippen molar-refractivity contribution in [3.05, 3.63) is 70.9 Å². The van der Waals surface area contributed by atoms with E-state index >= 15 is 0 Å². The molecule has 4 aromatic rings. The summed E-state index contributed by atoms with van der Waals surface area (Å²) >= 11 is 1.59. The summed E-state index contributed by atoms with van der Waals surface area (Å²) in [6.07, 6.45) is 4.40. The van der Waals surface area contributed by atoms with Crippen molar-refractivity contribution in [3.8, 4) is 17.1 Å². The number of nitrogens with zero attached hydrogens (tertiary/aromatic N) is 5. The van der Waals surface area contributed by atoms with E-state index in [2.05, 4.69) is 15.2 Å². The van der Waals surface area contributed by atoms with Crippen LogP contribution in [0.3, 0.4) is 0 Å². The van der Waals surface area contributed by atoms with E-state index in [0.29, 0.717) is 30.4 Å². The van der Waals surface area contributed by atoms with Gasteiger partial charge in [-0.3, -0.25) is 4.79 Å². The maximum atomic E-state index is 13.0. The first kappa shape index (κ1) is 16.9. The van der Waals surface area contributed by atoms with Gasteiger partial charge in [-0.2, -0.15) is 21.4 Å². The summed E-state index contributed by atoms with van der Waals surface area (Å²) < 4.78 is 7.14. The molecule has 0 saturated carbocycles. The molecular formula is C20H17N5O2S. The number of carbonyl (C=O) groups excluding carboxylic acids is 1. The minimum absolute atomic E-state index is 0.0121. The van der Waals surface area contributed by atoms with Crippen molar-refractivity contribution in [2.45, 2.75) is 12.3 Å². The Morgan fingerprint density at radius 2 is 2.21 bits per heavy atom. The maximum absolute atomic E-state index is 13.0. The van der Waals surface area contributed by atoms with E-state index in [1.165, 1.54) is 0 Å². The van der Waals surface area contributed by atoms with Gasteiger partial charge in [0.05, 0.1) is 11.3 Å². The molecule has 3 aromatic heterocycles. The molecule has 1 unspecified atom stereocenters. The minimum Gasteiger partial charge on any atom is -0.338 e. The van der Waals surface area contributed by atoms with Gasteiger partial charge < -0.3 is 9.42 Å². The third-order valence-corrected chi connectivity index (χ3v) is 5.60. The number of aromatic nitrogens is 4. The average Bonchev–Trinajstić information content (AvgIpc) is 3.52. The second-order valence-electron chi connectivity index (χ2n) is 6.71. The lowest BCUT2D eigenvalue weighted by molar-refractivity contribution is 0.0790. The SMILES string of the molecule is O=C(c1cccc(-n2cccn2)c1)N1CCC(c2noc(-c3ccsc3)n2)C1. The van der Waals surface area contributed by atoms with Crippen LogP contribution in [-0.2, 0) is 0 Å². The fourth-order valence-corrected chi connectivity index (χ4v) is 4.07. The molecule has 1 aromatic carbocycles. The molecule has 0 aliphatic carbocycles. The number of benzene rings is 1. The van der Waals surface area contributed by atoms with Crippen LogP contribution < -0.4 is 0 Å². The van der Waals surface area contributed by atoms with Crippen LogP contribution in [0.1, 0.15) is 28.5 Å². The third-order valence-electron chi connectivity index (χ3n) is 4.91. The van der Waals surface area contributed by atoms with Gasteiger partial charge in [0.15, 0.2) is 5.82 Å². The Labute approximate surface area is 165 Å². The van der Waals surface area contributed by atoms with Gasteiger partial charge in [0, 0.05) is 42.3 Å². The molecule has 4 heterocycles. The van der Waals surface area contributed by atoms with Crippen molar-refractivity contribution in [1.82, 2.24) is 24.8 Å². The number of thiophene rings is 1. The van der Waals surface area contributed by atoms with Crippen LogP contribution in [0.5, 0.6) is 0 Å². The molecule has 8 heteroatoms. The summed E-state index contributed by atoms with van der Waals surface area (Å²) in [7, 11) is 0. The van der Waals surface area contributed by atoms with Crippen LogP contribution in [0.25, 0.3) is 17.1 Å². The highest BCUT2D eigenvalue weighted by atomic mass is 32.1. The van der Waals surface area contributed by atoms with Crippen molar-refractivity contribution >= 4 is 17.2 Å². The van der Waals surface area contributed by atoms with E-state index in [9.17, 15) is 4.79 Å². The van der Waals surface area contributed by atoms with Gasteiger partial charge in [0.2, 0.25) is 0 Å². The molecule has 5 rings (SSSR count). The lowest BCUT2D eigenvalue weighted by atomic mass is 10.1. The summed E-state index contributed by atoms with van der Waals surface area (Å²) in [6, 6.07) is 11.3. The van der Waals surface area contributed by atoms with E-state index in [0.717, 1.165) is 17.7 Å². The van der Waals surface area contributed by atoms with Gasteiger partial charge in [-0.1, -0.05) is 11.2 Å². The Hall–Kier alpha value is -3.26. The highest BCUT2D eigenvalue weighted by molar-refractivity contribution is 7.08. The molecular weight excluding hydrogens is 374 g/mol. The number of hydrogen-bond donors (Lipinski definition) is 0. The fraction of sp³-hybridized carbons (Fsp3) is 0.200. The number of likely N-dealkylation sites (tertiary alicyclic amines) is 1. The van der Waals surface area contributed by atoms with Crippen molar-refractivity contribution in [1.29, 1.82) is 0 Å². The maximum Gasteiger partial charge on any atom is 0.258 e. The number of carbonyl (C=O) groups is 1. The van der Waals surface area contributed by atoms with Crippen LogP contribution in [0.4, 0.5) is 0 Å². The molecule has 0 N–H and O–H groups in total. The number of hydrogen-bond acceptors (Lipinski definition) is 6. The topological polar surface area (TPSA) is 77.0 Å². The van der Waals surface area contributed by atoms with Crippen LogP contribution >= 0.6 is 11.3 Å². The Morgan fingerprint density at radius 1 is 1.25 bits per heavy atom. The molecule has 1 fully saturated rings. The van der Waals surface area contributed by atoms with Gasteiger partial charge in [-0.25, -0.2) is 4.68 Å². The van der Waals surface area contributed by atoms with E-state index in [1.54, 1.807) is 22.2 Å². The number of rotatable bonds is 4. The van der Waals surface area contributed by atoms with Crippen molar-refractivity contribution in [2.24, 2.45) is 0 Å². The molecule has 1 aliphatic rings. The second kappa shape index (κ2) is 7.05. The smallest absolute Gasteiger partial charge is 0.258 e. The Morgan fingerprint density at radius 3 is 3.04 bits per heavy atom. The quantitative estimate of drug-likeness (QED) is 0.531. The summed E-state index contributed by atoms with van der Waals surface area (Å²) in [5, 5.41) is 12.3. The van der Waals surface area contributed by atoms with E-state index in [1.807, 2.05) is 58.3 Å². The molecule has 1 aliphatic heterocycles. The molecule has 28 heavy (non-hydrogen) atoms. The molecule has 0 radical (unpaired) electrons. The first-order valence-corrected chi connectivity index (χ1v) is 9.98. The van der Waals surface area contributed by atoms with Crippen molar-refractivity contribution < 1.29 is 9.32 Å². The molecule has 1 atom stereocenters. The first-order chi connectivity index (χ1) is 13.8. The summed E-state index contributed by atoms with van der Waals surface area (Å²) in [5.41, 5.74) is 2.45. The van der Waals surface area contributed by atoms with Crippen molar-refractivity contribution in [2.75, 3.05) is 13.1 Å². The van der Waals surface area contributed by atoms with Gasteiger partial charge in [-0.15, -0.1) is 0 Å². The second-order valence-corrected chi connectivity index (χ2v) is 7.49. The predicted octanol–water partition coefficient (Wildman–Crippen LogP) is 3.61. The lowest BCUT2D eigenvalue weighted by Gasteiger charge is -2.16. The van der Waals surface area contributed by atoms with Crippen LogP contribution in [0, 0.1) is 0 Å². The standard InChI is InChI=1S/C20H17N5O2S/c26-20(14-3-1-4-17(11-14)25-8-2-7-21-25)24-9-5-15(12-24)18-22-19(27-23-18)16-6-10-28-13-16/h1-4,6-8,10-11,13,15H,5,9,12H2. The van der Waals surface area contributed by atoms with Gasteiger partial charge in [0.1, 0.15) is 0 Å². The average molecular weight is 391 g/mol. The molecule has 0 bridgehead atoms. The fourth-order valence-electron chi connectivity index (χ4n) is 3.45. The van der Waals surface area contributed by atoms with Crippen LogP contribution in [-0.4, -0.2) is 43.8 Å². The summed E-state index contributed by atoms with van der Waals surface area (Å²) in [6.45, 7) is 1.27. The minimum atomic E-state index is 0.0121. The number of amides is 1. The third kappa shape index (κ3) is 3.11. The predicted molar refractivity (Wildman–Crippen MR) is 104 cm³/mol. The van der Waals surface area contributed by atoms with E-state index in [-0.39, 0.29) is 11.8 Å². The van der Waals surface area contributed by atoms with E-state index < -0.39 is 0 Å². The van der Waals surface area contributed by atoms with Gasteiger partial charge >= 0.3 is 0 Å². The van der Waals surface area contributed by atoms with Crippen LogP contribution in [0.15, 0.2) is 64.1 Å². The zero-order valence-electron chi connectivity index (χ0n) is 14.9. The molecule has 140 valence electrons. The molecule has 7 nitrogen and oxygen atoms in total. The largest absolute Gasteiger partial charge is 0.338 e. The molecule has 1 amide bonds. The van der Waals surface area contributed by atoms with Crippen molar-refractivity contribution in [3.63, 3.8) is 0 Å². The van der Waals surface area contributed by atoms with Gasteiger partial charge in [-0.05, 0) is 42.1 Å². The monoisotopic (exact) mass is 391 g/mol. The molecule has 0 spiro atoms. The van der Waals surface area contributed by atoms with Gasteiger partial charge in [0.25, 0.3) is 11.8 Å². The van der Waals surface area contributed by atoms with E-state index in [4.69, 9.17) is 4.52 Å². The lowest BCUT2D eigenvalue weighted by Crippen LogP contribution is -2.28. The summed E-state index contributed by atoms with van der Waals surface area (Å²) in [4.78, 5) is 19.4. The highest BCUT2D eigenvalue weighted by Crippen LogP contribution is 2.29. The normalized spacial score (nSPS) is 16.6. The zero-order valence-corrected chi connectivity index (χ0v) is 15.7.